The van der Waals surface area contributed by atoms with Crippen LogP contribution in [0.1, 0.15) is 40.0 Å². The van der Waals surface area contributed by atoms with Crippen molar-refractivity contribution in [1.82, 2.24) is 10.2 Å². The van der Waals surface area contributed by atoms with E-state index in [1.54, 1.807) is 21.0 Å². The average Bonchev–Trinajstić information content (AvgIpc) is 2.16. The summed E-state index contributed by atoms with van der Waals surface area (Å²) >= 11 is 0. The molecule has 0 aliphatic carbocycles. The molecule has 0 aromatic carbocycles. The first-order chi connectivity index (χ1) is 7.38. The molecule has 0 rings (SSSR count). The van der Waals surface area contributed by atoms with Gasteiger partial charge >= 0.3 is 0 Å². The molecule has 0 bridgehead atoms. The van der Waals surface area contributed by atoms with Crippen molar-refractivity contribution >= 4 is 11.8 Å². The van der Waals surface area contributed by atoms with Gasteiger partial charge in [0.15, 0.2) is 0 Å². The van der Waals surface area contributed by atoms with Crippen LogP contribution in [-0.2, 0) is 9.59 Å². The standard InChI is InChI=1S/C12H24N2O2/c1-6-7-9(2)8-11(15)13-10(3)12(16)14(4)5/h9-10H,6-8H2,1-5H3,(H,13,15)/t9-,10+/m1/s1. The lowest BCUT2D eigenvalue weighted by atomic mass is 10.0. The van der Waals surface area contributed by atoms with Crippen LogP contribution in [0.5, 0.6) is 0 Å². The molecule has 0 spiro atoms. The van der Waals surface area contributed by atoms with E-state index < -0.39 is 6.04 Å². The Bertz CT molecular complexity index is 239. The zero-order valence-corrected chi connectivity index (χ0v) is 11.0. The summed E-state index contributed by atoms with van der Waals surface area (Å²) in [6.07, 6.45) is 2.63. The van der Waals surface area contributed by atoms with E-state index in [2.05, 4.69) is 19.2 Å². The largest absolute Gasteiger partial charge is 0.347 e. The topological polar surface area (TPSA) is 49.4 Å². The number of rotatable bonds is 6. The lowest BCUT2D eigenvalue weighted by molar-refractivity contribution is -0.134. The number of nitrogens with zero attached hydrogens (tertiary/aromatic N) is 1. The average molecular weight is 228 g/mol. The van der Waals surface area contributed by atoms with Crippen LogP contribution >= 0.6 is 0 Å². The van der Waals surface area contributed by atoms with Gasteiger partial charge in [0.25, 0.3) is 0 Å². The van der Waals surface area contributed by atoms with Crippen molar-refractivity contribution in [2.75, 3.05) is 14.1 Å². The van der Waals surface area contributed by atoms with Crippen LogP contribution < -0.4 is 5.32 Å². The van der Waals surface area contributed by atoms with Crippen molar-refractivity contribution in [1.29, 1.82) is 0 Å². The van der Waals surface area contributed by atoms with Gasteiger partial charge in [0.2, 0.25) is 11.8 Å². The third kappa shape index (κ3) is 5.73. The lowest BCUT2D eigenvalue weighted by Gasteiger charge is -2.19. The van der Waals surface area contributed by atoms with Crippen molar-refractivity contribution in [2.45, 2.75) is 46.1 Å². The van der Waals surface area contributed by atoms with Gasteiger partial charge < -0.3 is 10.2 Å². The Hall–Kier alpha value is -1.06. The molecule has 0 radical (unpaired) electrons. The minimum atomic E-state index is -0.434. The van der Waals surface area contributed by atoms with Crippen LogP contribution in [0.15, 0.2) is 0 Å². The summed E-state index contributed by atoms with van der Waals surface area (Å²) in [5.74, 6) is 0.270. The summed E-state index contributed by atoms with van der Waals surface area (Å²) in [5.41, 5.74) is 0. The summed E-state index contributed by atoms with van der Waals surface area (Å²) in [6, 6.07) is -0.434. The summed E-state index contributed by atoms with van der Waals surface area (Å²) in [5, 5.41) is 2.72. The third-order valence-electron chi connectivity index (χ3n) is 2.50. The van der Waals surface area contributed by atoms with Gasteiger partial charge in [-0.05, 0) is 12.8 Å². The molecule has 0 fully saturated rings. The highest BCUT2D eigenvalue weighted by atomic mass is 16.2. The highest BCUT2D eigenvalue weighted by Crippen LogP contribution is 2.09. The van der Waals surface area contributed by atoms with E-state index in [4.69, 9.17) is 0 Å². The SMILES string of the molecule is CCC[C@@H](C)CC(=O)N[C@@H](C)C(=O)N(C)C. The van der Waals surface area contributed by atoms with Crippen molar-refractivity contribution in [3.05, 3.63) is 0 Å². The first-order valence-electron chi connectivity index (χ1n) is 5.89. The summed E-state index contributed by atoms with van der Waals surface area (Å²) in [7, 11) is 3.37. The fourth-order valence-electron chi connectivity index (χ4n) is 1.66. The molecule has 94 valence electrons. The molecule has 1 N–H and O–H groups in total. The van der Waals surface area contributed by atoms with Gasteiger partial charge in [-0.1, -0.05) is 26.7 Å². The fraction of sp³-hybridized carbons (Fsp3) is 0.833. The summed E-state index contributed by atoms with van der Waals surface area (Å²) in [6.45, 7) is 5.87. The molecular formula is C12H24N2O2. The van der Waals surface area contributed by atoms with E-state index in [0.29, 0.717) is 12.3 Å². The number of likely N-dealkylation sites (N-methyl/N-ethyl adjacent to an activating group) is 1. The minimum Gasteiger partial charge on any atom is -0.347 e. The second-order valence-corrected chi connectivity index (χ2v) is 4.62. The Balaban J connectivity index is 4.00. The summed E-state index contributed by atoms with van der Waals surface area (Å²) < 4.78 is 0. The molecule has 0 aliphatic heterocycles. The molecule has 4 nitrogen and oxygen atoms in total. The fourth-order valence-corrected chi connectivity index (χ4v) is 1.66. The van der Waals surface area contributed by atoms with E-state index in [9.17, 15) is 9.59 Å². The number of hydrogen-bond acceptors (Lipinski definition) is 2. The van der Waals surface area contributed by atoms with E-state index in [-0.39, 0.29) is 11.8 Å². The van der Waals surface area contributed by atoms with E-state index in [1.807, 2.05) is 0 Å². The molecule has 0 aromatic heterocycles. The van der Waals surface area contributed by atoms with Gasteiger partial charge in [-0.3, -0.25) is 9.59 Å². The van der Waals surface area contributed by atoms with Crippen molar-refractivity contribution in [2.24, 2.45) is 5.92 Å². The Kier molecular flexibility index (Phi) is 6.77. The minimum absolute atomic E-state index is 0.0383. The van der Waals surface area contributed by atoms with Crippen molar-refractivity contribution < 1.29 is 9.59 Å². The van der Waals surface area contributed by atoms with Gasteiger partial charge in [-0.15, -0.1) is 0 Å². The zero-order chi connectivity index (χ0) is 12.7. The molecule has 2 amide bonds. The van der Waals surface area contributed by atoms with E-state index in [0.717, 1.165) is 12.8 Å². The molecule has 4 heteroatoms. The normalized spacial score (nSPS) is 14.1. The monoisotopic (exact) mass is 228 g/mol. The van der Waals surface area contributed by atoms with E-state index in [1.165, 1.54) is 4.90 Å². The molecule has 0 aromatic rings. The number of carbonyl (C=O) groups excluding carboxylic acids is 2. The van der Waals surface area contributed by atoms with Crippen LogP contribution in [-0.4, -0.2) is 36.9 Å². The quantitative estimate of drug-likeness (QED) is 0.747. The highest BCUT2D eigenvalue weighted by molar-refractivity contribution is 5.87. The smallest absolute Gasteiger partial charge is 0.244 e. The Morgan fingerprint density at radius 2 is 1.81 bits per heavy atom. The van der Waals surface area contributed by atoms with Gasteiger partial charge in [0.1, 0.15) is 6.04 Å². The molecule has 0 unspecified atom stereocenters. The van der Waals surface area contributed by atoms with Gasteiger partial charge in [-0.2, -0.15) is 0 Å². The predicted molar refractivity (Wildman–Crippen MR) is 65.0 cm³/mol. The number of nitrogens with one attached hydrogen (secondary N) is 1. The first kappa shape index (κ1) is 14.9. The molecule has 0 heterocycles. The van der Waals surface area contributed by atoms with Crippen LogP contribution in [0.3, 0.4) is 0 Å². The second-order valence-electron chi connectivity index (χ2n) is 4.62. The Morgan fingerprint density at radius 1 is 1.25 bits per heavy atom. The molecule has 0 saturated carbocycles. The Labute approximate surface area is 98.4 Å². The maximum atomic E-state index is 11.6. The van der Waals surface area contributed by atoms with Gasteiger partial charge in [-0.25, -0.2) is 0 Å². The molecule has 2 atom stereocenters. The maximum Gasteiger partial charge on any atom is 0.244 e. The Morgan fingerprint density at radius 3 is 2.25 bits per heavy atom. The first-order valence-corrected chi connectivity index (χ1v) is 5.89. The highest BCUT2D eigenvalue weighted by Gasteiger charge is 2.17. The summed E-state index contributed by atoms with van der Waals surface area (Å²) in [4.78, 5) is 24.6. The zero-order valence-electron chi connectivity index (χ0n) is 11.0. The van der Waals surface area contributed by atoms with Gasteiger partial charge in [0.05, 0.1) is 0 Å². The number of amides is 2. The van der Waals surface area contributed by atoms with Gasteiger partial charge in [0, 0.05) is 20.5 Å². The molecular weight excluding hydrogens is 204 g/mol. The second kappa shape index (κ2) is 7.25. The van der Waals surface area contributed by atoms with Crippen LogP contribution in [0.2, 0.25) is 0 Å². The predicted octanol–water partition coefficient (Wildman–Crippen LogP) is 1.41. The molecule has 0 saturated heterocycles. The molecule has 0 aliphatic rings. The van der Waals surface area contributed by atoms with Crippen LogP contribution in [0, 0.1) is 5.92 Å². The third-order valence-corrected chi connectivity index (χ3v) is 2.50. The van der Waals surface area contributed by atoms with E-state index >= 15 is 0 Å². The number of carbonyl (C=O) groups is 2. The van der Waals surface area contributed by atoms with Crippen LogP contribution in [0.4, 0.5) is 0 Å². The lowest BCUT2D eigenvalue weighted by Crippen LogP contribution is -2.44. The maximum absolute atomic E-state index is 11.6. The van der Waals surface area contributed by atoms with Crippen LogP contribution in [0.25, 0.3) is 0 Å². The number of hydrogen-bond donors (Lipinski definition) is 1. The van der Waals surface area contributed by atoms with Crippen molar-refractivity contribution in [3.8, 4) is 0 Å². The van der Waals surface area contributed by atoms with Crippen molar-refractivity contribution in [3.63, 3.8) is 0 Å². The molecule has 16 heavy (non-hydrogen) atoms.